The van der Waals surface area contributed by atoms with Gasteiger partial charge < -0.3 is 0 Å². The Balaban J connectivity index is 2.89. The summed E-state index contributed by atoms with van der Waals surface area (Å²) in [5.41, 5.74) is 1.63. The first-order chi connectivity index (χ1) is 6.33. The van der Waals surface area contributed by atoms with Crippen molar-refractivity contribution in [2.75, 3.05) is 0 Å². The molecular weight excluding hydrogens is 186 g/mol. The van der Waals surface area contributed by atoms with Gasteiger partial charge in [0.15, 0.2) is 0 Å². The Morgan fingerprint density at radius 3 is 3.00 bits per heavy atom. The highest BCUT2D eigenvalue weighted by Gasteiger charge is 2.05. The Labute approximate surface area is 79.8 Å². The maximum Gasteiger partial charge on any atom is 0.225 e. The van der Waals surface area contributed by atoms with E-state index in [1.807, 2.05) is 6.07 Å². The van der Waals surface area contributed by atoms with Crippen molar-refractivity contribution in [2.45, 2.75) is 0 Å². The lowest BCUT2D eigenvalue weighted by atomic mass is 10.3. The van der Waals surface area contributed by atoms with Crippen LogP contribution in [0.1, 0.15) is 0 Å². The van der Waals surface area contributed by atoms with Crippen LogP contribution in [0.5, 0.6) is 0 Å². The average Bonchev–Trinajstić information content (AvgIpc) is 2.19. The molecule has 2 heterocycles. The van der Waals surface area contributed by atoms with Crippen molar-refractivity contribution >= 4 is 28.3 Å². The summed E-state index contributed by atoms with van der Waals surface area (Å²) in [7, 11) is 0. The lowest BCUT2D eigenvalue weighted by Gasteiger charge is -1.98. The Hall–Kier alpha value is -1.66. The minimum Gasteiger partial charge on any atom is -0.266 e. The molecule has 62 valence electrons. The number of nitrogens with zero attached hydrogens (tertiary/aromatic N) is 3. The summed E-state index contributed by atoms with van der Waals surface area (Å²) >= 11 is 5.93. The molecule has 0 aliphatic carbocycles. The van der Waals surface area contributed by atoms with Crippen molar-refractivity contribution in [3.05, 3.63) is 41.0 Å². The van der Waals surface area contributed by atoms with Crippen LogP contribution in [-0.2, 0) is 0 Å². The van der Waals surface area contributed by atoms with E-state index in [2.05, 4.69) is 14.8 Å². The van der Waals surface area contributed by atoms with E-state index >= 15 is 0 Å². The lowest BCUT2D eigenvalue weighted by molar-refractivity contribution is 1.34. The first-order valence-electron chi connectivity index (χ1n) is 3.59. The van der Waals surface area contributed by atoms with Gasteiger partial charge in [0.05, 0.1) is 22.6 Å². The maximum atomic E-state index is 6.83. The van der Waals surface area contributed by atoms with Crippen molar-refractivity contribution in [2.24, 2.45) is 0 Å². The Morgan fingerprint density at radius 1 is 1.38 bits per heavy atom. The third-order valence-electron chi connectivity index (χ3n) is 1.67. The molecule has 0 aromatic carbocycles. The summed E-state index contributed by atoms with van der Waals surface area (Å²) < 4.78 is 0. The zero-order valence-electron chi connectivity index (χ0n) is 6.53. The molecule has 4 heteroatoms. The Kier molecular flexibility index (Phi) is 1.84. The molecule has 0 N–H and O–H groups in total. The van der Waals surface area contributed by atoms with Gasteiger partial charge in [0.2, 0.25) is 5.69 Å². The van der Waals surface area contributed by atoms with Crippen LogP contribution in [-0.4, -0.2) is 9.97 Å². The second-order valence-corrected chi connectivity index (χ2v) is 2.82. The van der Waals surface area contributed by atoms with Crippen LogP contribution >= 0.6 is 11.6 Å². The molecule has 0 saturated carbocycles. The van der Waals surface area contributed by atoms with E-state index < -0.39 is 0 Å². The first-order valence-corrected chi connectivity index (χ1v) is 3.97. The van der Waals surface area contributed by atoms with E-state index in [9.17, 15) is 0 Å². The van der Waals surface area contributed by atoms with Crippen molar-refractivity contribution in [3.63, 3.8) is 0 Å². The molecule has 0 spiro atoms. The molecule has 2 rings (SSSR count). The molecule has 0 saturated heterocycles. The smallest absolute Gasteiger partial charge is 0.225 e. The van der Waals surface area contributed by atoms with E-state index in [1.165, 1.54) is 6.20 Å². The van der Waals surface area contributed by atoms with Gasteiger partial charge in [-0.3, -0.25) is 9.97 Å². The first kappa shape index (κ1) is 7.96. The Bertz CT molecular complexity index is 502. The molecule has 0 aliphatic heterocycles. The minimum atomic E-state index is 0.341. The highest BCUT2D eigenvalue weighted by atomic mass is 35.5. The normalized spacial score (nSPS) is 9.85. The van der Waals surface area contributed by atoms with Gasteiger partial charge in [0.1, 0.15) is 0 Å². The highest BCUT2D eigenvalue weighted by molar-refractivity contribution is 6.37. The third-order valence-corrected chi connectivity index (χ3v) is 2.04. The number of fused-ring (bicyclic) bond motifs is 1. The van der Waals surface area contributed by atoms with Crippen molar-refractivity contribution in [1.29, 1.82) is 0 Å². The largest absolute Gasteiger partial charge is 0.266 e. The van der Waals surface area contributed by atoms with Gasteiger partial charge in [0.25, 0.3) is 0 Å². The zero-order chi connectivity index (χ0) is 9.26. The summed E-state index contributed by atoms with van der Waals surface area (Å²) in [5, 5.41) is 0.376. The summed E-state index contributed by atoms with van der Waals surface area (Å²) in [6.07, 6.45) is 3.09. The molecular formula is C9H4ClN3. The van der Waals surface area contributed by atoms with E-state index in [4.69, 9.17) is 18.2 Å². The molecule has 2 aromatic heterocycles. The van der Waals surface area contributed by atoms with Crippen LogP contribution in [0.15, 0.2) is 24.5 Å². The van der Waals surface area contributed by atoms with Crippen LogP contribution in [0, 0.1) is 6.57 Å². The van der Waals surface area contributed by atoms with E-state index in [1.54, 1.807) is 12.3 Å². The molecule has 2 aromatic rings. The number of pyridine rings is 2. The van der Waals surface area contributed by atoms with Crippen molar-refractivity contribution in [3.8, 4) is 0 Å². The minimum absolute atomic E-state index is 0.341. The molecule has 13 heavy (non-hydrogen) atoms. The van der Waals surface area contributed by atoms with E-state index in [0.29, 0.717) is 21.7 Å². The summed E-state index contributed by atoms with van der Waals surface area (Å²) in [6.45, 7) is 6.83. The number of hydrogen-bond donors (Lipinski definition) is 0. The fourth-order valence-corrected chi connectivity index (χ4v) is 1.29. The quantitative estimate of drug-likeness (QED) is 0.597. The number of hydrogen-bond acceptors (Lipinski definition) is 2. The topological polar surface area (TPSA) is 30.1 Å². The lowest BCUT2D eigenvalue weighted by Crippen LogP contribution is -1.82. The summed E-state index contributed by atoms with van der Waals surface area (Å²) in [4.78, 5) is 11.3. The van der Waals surface area contributed by atoms with Crippen molar-refractivity contribution < 1.29 is 0 Å². The fourth-order valence-electron chi connectivity index (χ4n) is 1.06. The average molecular weight is 190 g/mol. The molecule has 0 fully saturated rings. The van der Waals surface area contributed by atoms with Gasteiger partial charge in [-0.25, -0.2) is 4.85 Å². The van der Waals surface area contributed by atoms with Gasteiger partial charge in [-0.15, -0.1) is 0 Å². The number of halogens is 1. The number of rotatable bonds is 0. The molecule has 0 unspecified atom stereocenters. The summed E-state index contributed by atoms with van der Waals surface area (Å²) in [5.74, 6) is 0. The SMILES string of the molecule is [C-]#[N+]c1cnc2cccnc2c1Cl. The maximum absolute atomic E-state index is 6.83. The predicted octanol–water partition coefficient (Wildman–Crippen LogP) is 2.83. The molecule has 0 atom stereocenters. The monoisotopic (exact) mass is 189 g/mol. The van der Waals surface area contributed by atoms with Crippen LogP contribution in [0.4, 0.5) is 5.69 Å². The van der Waals surface area contributed by atoms with Crippen LogP contribution in [0.25, 0.3) is 15.9 Å². The zero-order valence-corrected chi connectivity index (χ0v) is 7.28. The van der Waals surface area contributed by atoms with Crippen LogP contribution in [0.3, 0.4) is 0 Å². The third kappa shape index (κ3) is 1.21. The van der Waals surface area contributed by atoms with Gasteiger partial charge in [-0.2, -0.15) is 0 Å². The van der Waals surface area contributed by atoms with E-state index in [-0.39, 0.29) is 0 Å². The van der Waals surface area contributed by atoms with Gasteiger partial charge in [0, 0.05) is 12.4 Å². The summed E-state index contributed by atoms with van der Waals surface area (Å²) in [6, 6.07) is 3.59. The Morgan fingerprint density at radius 2 is 2.23 bits per heavy atom. The predicted molar refractivity (Wildman–Crippen MR) is 50.8 cm³/mol. The highest BCUT2D eigenvalue weighted by Crippen LogP contribution is 2.29. The van der Waals surface area contributed by atoms with Crippen LogP contribution in [0.2, 0.25) is 5.02 Å². The fraction of sp³-hybridized carbons (Fsp3) is 0. The van der Waals surface area contributed by atoms with Gasteiger partial charge >= 0.3 is 0 Å². The molecule has 0 radical (unpaired) electrons. The molecule has 3 nitrogen and oxygen atoms in total. The van der Waals surface area contributed by atoms with Crippen molar-refractivity contribution in [1.82, 2.24) is 9.97 Å². The van der Waals surface area contributed by atoms with Gasteiger partial charge in [-0.05, 0) is 12.1 Å². The second kappa shape index (κ2) is 3.00. The van der Waals surface area contributed by atoms with Crippen LogP contribution < -0.4 is 0 Å². The second-order valence-electron chi connectivity index (χ2n) is 2.44. The van der Waals surface area contributed by atoms with E-state index in [0.717, 1.165) is 0 Å². The number of aromatic nitrogens is 2. The molecule has 0 amide bonds. The standard InChI is InChI=1S/C9H4ClN3/c1-11-7-5-13-6-3-2-4-12-9(6)8(7)10/h2-5H. The molecule has 0 aliphatic rings. The van der Waals surface area contributed by atoms with Gasteiger partial charge in [-0.1, -0.05) is 11.6 Å². The molecule has 0 bridgehead atoms.